The summed E-state index contributed by atoms with van der Waals surface area (Å²) in [5, 5.41) is 3.04. The van der Waals surface area contributed by atoms with E-state index >= 15 is 0 Å². The van der Waals surface area contributed by atoms with Crippen molar-refractivity contribution < 1.29 is 13.2 Å². The highest BCUT2D eigenvalue weighted by molar-refractivity contribution is 7.92. The minimum Gasteiger partial charge on any atom is -0.346 e. The second-order valence-corrected chi connectivity index (χ2v) is 9.88. The van der Waals surface area contributed by atoms with Crippen molar-refractivity contribution in [3.05, 3.63) is 95.1 Å². The fourth-order valence-electron chi connectivity index (χ4n) is 3.94. The molecule has 1 aliphatic carbocycles. The second-order valence-electron chi connectivity index (χ2n) is 7.91. The summed E-state index contributed by atoms with van der Waals surface area (Å²) in [6.07, 6.45) is 3.43. The first-order valence-corrected chi connectivity index (χ1v) is 11.9. The molecular formula is C25H26N2O3S. The van der Waals surface area contributed by atoms with Crippen molar-refractivity contribution in [1.82, 2.24) is 5.32 Å². The summed E-state index contributed by atoms with van der Waals surface area (Å²) >= 11 is 0. The molecule has 0 saturated heterocycles. The van der Waals surface area contributed by atoms with Gasteiger partial charge < -0.3 is 5.32 Å². The molecule has 0 spiro atoms. The third kappa shape index (κ3) is 4.35. The molecule has 0 aliphatic heterocycles. The summed E-state index contributed by atoms with van der Waals surface area (Å²) in [4.78, 5) is 12.9. The van der Waals surface area contributed by atoms with Gasteiger partial charge in [-0.1, -0.05) is 36.4 Å². The van der Waals surface area contributed by atoms with Gasteiger partial charge in [-0.05, 0) is 79.3 Å². The summed E-state index contributed by atoms with van der Waals surface area (Å²) < 4.78 is 26.8. The Balaban J connectivity index is 1.46. The minimum absolute atomic E-state index is 0.112. The lowest BCUT2D eigenvalue weighted by molar-refractivity contribution is 0.0940. The number of nitrogens with zero attached hydrogens (tertiary/aromatic N) is 1. The summed E-state index contributed by atoms with van der Waals surface area (Å²) in [5.41, 5.74) is 4.87. The maximum Gasteiger partial charge on any atom is 0.264 e. The van der Waals surface area contributed by atoms with Gasteiger partial charge in [0.15, 0.2) is 0 Å². The van der Waals surface area contributed by atoms with Crippen LogP contribution in [-0.4, -0.2) is 21.4 Å². The van der Waals surface area contributed by atoms with E-state index in [9.17, 15) is 13.2 Å². The molecule has 1 amide bonds. The van der Waals surface area contributed by atoms with Crippen LogP contribution in [0.3, 0.4) is 0 Å². The van der Waals surface area contributed by atoms with Gasteiger partial charge >= 0.3 is 0 Å². The molecule has 0 fully saturated rings. The highest BCUT2D eigenvalue weighted by Gasteiger charge is 2.21. The van der Waals surface area contributed by atoms with E-state index in [0.29, 0.717) is 11.3 Å². The van der Waals surface area contributed by atoms with Crippen LogP contribution in [0.15, 0.2) is 77.7 Å². The summed E-state index contributed by atoms with van der Waals surface area (Å²) in [5.74, 6) is -0.187. The average molecular weight is 435 g/mol. The molecule has 1 N–H and O–H groups in total. The van der Waals surface area contributed by atoms with Crippen LogP contribution < -0.4 is 9.62 Å². The van der Waals surface area contributed by atoms with Gasteiger partial charge in [0.25, 0.3) is 15.9 Å². The van der Waals surface area contributed by atoms with Gasteiger partial charge in [0.1, 0.15) is 0 Å². The lowest BCUT2D eigenvalue weighted by atomic mass is 10.0. The van der Waals surface area contributed by atoms with Crippen LogP contribution in [0.25, 0.3) is 0 Å². The average Bonchev–Trinajstić information content (AvgIpc) is 3.27. The van der Waals surface area contributed by atoms with Gasteiger partial charge in [-0.3, -0.25) is 9.10 Å². The van der Waals surface area contributed by atoms with Crippen molar-refractivity contribution in [3.63, 3.8) is 0 Å². The zero-order valence-electron chi connectivity index (χ0n) is 17.7. The first-order chi connectivity index (χ1) is 14.9. The molecule has 3 aromatic carbocycles. The minimum atomic E-state index is -3.65. The van der Waals surface area contributed by atoms with Gasteiger partial charge in [-0.2, -0.15) is 0 Å². The number of aryl methyl sites for hydroxylation is 2. The maximum absolute atomic E-state index is 12.8. The van der Waals surface area contributed by atoms with E-state index in [-0.39, 0.29) is 16.8 Å². The van der Waals surface area contributed by atoms with Crippen molar-refractivity contribution in [2.24, 2.45) is 0 Å². The van der Waals surface area contributed by atoms with Gasteiger partial charge in [-0.25, -0.2) is 8.42 Å². The number of hydrogen-bond donors (Lipinski definition) is 1. The zero-order chi connectivity index (χ0) is 22.0. The van der Waals surface area contributed by atoms with Crippen LogP contribution in [0.1, 0.15) is 46.4 Å². The largest absolute Gasteiger partial charge is 0.346 e. The standard InChI is InChI=1S/C25H26N2O3S/c1-18(21-12-11-19-7-6-8-22(19)17-21)26-25(28)20-13-15-23(16-14-20)27(2)31(29,30)24-9-4-3-5-10-24/h3-5,9-18H,6-8H2,1-2H3,(H,26,28). The Morgan fingerprint density at radius 2 is 1.61 bits per heavy atom. The van der Waals surface area contributed by atoms with E-state index in [2.05, 4.69) is 23.5 Å². The molecular weight excluding hydrogens is 408 g/mol. The second kappa shape index (κ2) is 8.55. The highest BCUT2D eigenvalue weighted by atomic mass is 32.2. The molecule has 3 aromatic rings. The number of amides is 1. The molecule has 0 bridgehead atoms. The first kappa shape index (κ1) is 21.1. The Bertz CT molecular complexity index is 1190. The molecule has 1 atom stereocenters. The molecule has 6 heteroatoms. The van der Waals surface area contributed by atoms with Crippen molar-refractivity contribution in [3.8, 4) is 0 Å². The third-order valence-corrected chi connectivity index (χ3v) is 7.66. The van der Waals surface area contributed by atoms with Crippen LogP contribution in [0.2, 0.25) is 0 Å². The normalized spacial score (nSPS) is 14.0. The van der Waals surface area contributed by atoms with Crippen LogP contribution in [0.4, 0.5) is 5.69 Å². The molecule has 0 radical (unpaired) electrons. The maximum atomic E-state index is 12.8. The molecule has 1 unspecified atom stereocenters. The van der Waals surface area contributed by atoms with Crippen molar-refractivity contribution in [2.75, 3.05) is 11.4 Å². The van der Waals surface area contributed by atoms with Gasteiger partial charge in [0.2, 0.25) is 0 Å². The van der Waals surface area contributed by atoms with E-state index in [1.54, 1.807) is 54.6 Å². The van der Waals surface area contributed by atoms with Crippen LogP contribution in [-0.2, 0) is 22.9 Å². The fourth-order valence-corrected chi connectivity index (χ4v) is 5.15. The highest BCUT2D eigenvalue weighted by Crippen LogP contribution is 2.26. The molecule has 5 nitrogen and oxygen atoms in total. The van der Waals surface area contributed by atoms with E-state index in [1.165, 1.54) is 28.9 Å². The Kier molecular flexibility index (Phi) is 5.83. The number of rotatable bonds is 6. The number of carbonyl (C=O) groups excluding carboxylic acids is 1. The van der Waals surface area contributed by atoms with Crippen molar-refractivity contribution in [1.29, 1.82) is 0 Å². The van der Waals surface area contributed by atoms with Crippen molar-refractivity contribution >= 4 is 21.6 Å². The van der Waals surface area contributed by atoms with Gasteiger partial charge in [0.05, 0.1) is 16.6 Å². The molecule has 31 heavy (non-hydrogen) atoms. The summed E-state index contributed by atoms with van der Waals surface area (Å²) in [7, 11) is -2.15. The fraction of sp³-hybridized carbons (Fsp3) is 0.240. The Morgan fingerprint density at radius 3 is 2.32 bits per heavy atom. The van der Waals surface area contributed by atoms with E-state index in [4.69, 9.17) is 0 Å². The summed E-state index contributed by atoms with van der Waals surface area (Å²) in [6.45, 7) is 1.98. The lowest BCUT2D eigenvalue weighted by Gasteiger charge is -2.20. The number of benzene rings is 3. The van der Waals surface area contributed by atoms with Crippen LogP contribution >= 0.6 is 0 Å². The molecule has 4 rings (SSSR count). The Labute approximate surface area is 183 Å². The molecule has 0 heterocycles. The molecule has 0 aromatic heterocycles. The third-order valence-electron chi connectivity index (χ3n) is 5.86. The molecule has 0 saturated carbocycles. The number of nitrogens with one attached hydrogen (secondary N) is 1. The van der Waals surface area contributed by atoms with Crippen LogP contribution in [0.5, 0.6) is 0 Å². The van der Waals surface area contributed by atoms with Gasteiger partial charge in [-0.15, -0.1) is 0 Å². The summed E-state index contributed by atoms with van der Waals surface area (Å²) in [6, 6.07) is 21.2. The van der Waals surface area contributed by atoms with E-state index in [1.807, 2.05) is 6.92 Å². The first-order valence-electron chi connectivity index (χ1n) is 10.4. The van der Waals surface area contributed by atoms with Crippen molar-refractivity contribution in [2.45, 2.75) is 37.1 Å². The predicted molar refractivity (Wildman–Crippen MR) is 123 cm³/mol. The zero-order valence-corrected chi connectivity index (χ0v) is 18.5. The quantitative estimate of drug-likeness (QED) is 0.622. The van der Waals surface area contributed by atoms with E-state index < -0.39 is 10.0 Å². The molecule has 1 aliphatic rings. The number of anilines is 1. The van der Waals surface area contributed by atoms with Gasteiger partial charge in [0, 0.05) is 12.6 Å². The number of sulfonamides is 1. The van der Waals surface area contributed by atoms with Crippen LogP contribution in [0, 0.1) is 0 Å². The molecule has 160 valence electrons. The topological polar surface area (TPSA) is 66.5 Å². The number of hydrogen-bond acceptors (Lipinski definition) is 3. The Morgan fingerprint density at radius 1 is 0.935 bits per heavy atom. The predicted octanol–water partition coefficient (Wildman–Crippen LogP) is 4.49. The monoisotopic (exact) mass is 434 g/mol. The van der Waals surface area contributed by atoms with E-state index in [0.717, 1.165) is 18.4 Å². The SMILES string of the molecule is CC(NC(=O)c1ccc(N(C)S(=O)(=O)c2ccccc2)cc1)c1ccc2c(c1)CCC2. The smallest absolute Gasteiger partial charge is 0.264 e. The number of fused-ring (bicyclic) bond motifs is 1. The lowest BCUT2D eigenvalue weighted by Crippen LogP contribution is -2.28. The number of carbonyl (C=O) groups is 1. The Hall–Kier alpha value is -3.12.